The fourth-order valence-electron chi connectivity index (χ4n) is 3.24. The number of anilines is 1. The third-order valence-electron chi connectivity index (χ3n) is 4.53. The Hall–Kier alpha value is -1.18. The first-order valence-corrected chi connectivity index (χ1v) is 9.38. The smallest absolute Gasteiger partial charge is 0.246 e. The molecule has 3 rings (SSSR count). The molecule has 1 N–H and O–H groups in total. The van der Waals surface area contributed by atoms with E-state index in [1.165, 1.54) is 0 Å². The van der Waals surface area contributed by atoms with E-state index < -0.39 is 10.0 Å². The second-order valence-electron chi connectivity index (χ2n) is 6.07. The molecule has 1 aromatic rings. The van der Waals surface area contributed by atoms with E-state index in [9.17, 15) is 13.5 Å². The van der Waals surface area contributed by atoms with Gasteiger partial charge in [0.25, 0.3) is 0 Å². The Morgan fingerprint density at radius 1 is 1.23 bits per heavy atom. The topological polar surface area (TPSA) is 73.7 Å². The van der Waals surface area contributed by atoms with Gasteiger partial charge in [-0.15, -0.1) is 0 Å². The van der Waals surface area contributed by atoms with Crippen molar-refractivity contribution in [2.45, 2.75) is 30.6 Å². The molecule has 7 heteroatoms. The zero-order valence-corrected chi connectivity index (χ0v) is 13.5. The van der Waals surface area contributed by atoms with Gasteiger partial charge in [0.1, 0.15) is 10.7 Å². The van der Waals surface area contributed by atoms with Crippen molar-refractivity contribution in [3.63, 3.8) is 0 Å². The largest absolute Gasteiger partial charge is 0.396 e. The van der Waals surface area contributed by atoms with Crippen LogP contribution in [0.1, 0.15) is 25.7 Å². The van der Waals surface area contributed by atoms with Gasteiger partial charge in [-0.05, 0) is 31.4 Å². The average Bonchev–Trinajstić information content (AvgIpc) is 3.05. The fraction of sp³-hybridized carbons (Fsp3) is 0.667. The molecule has 1 atom stereocenters. The molecule has 0 radical (unpaired) electrons. The van der Waals surface area contributed by atoms with Gasteiger partial charge in [0.2, 0.25) is 10.0 Å². The van der Waals surface area contributed by atoms with Crippen LogP contribution in [0.2, 0.25) is 0 Å². The first-order chi connectivity index (χ1) is 10.6. The zero-order valence-electron chi connectivity index (χ0n) is 12.7. The molecule has 0 amide bonds. The second kappa shape index (κ2) is 6.52. The first kappa shape index (κ1) is 15.7. The maximum Gasteiger partial charge on any atom is 0.246 e. The van der Waals surface area contributed by atoms with Gasteiger partial charge in [-0.1, -0.05) is 6.42 Å². The van der Waals surface area contributed by atoms with Crippen molar-refractivity contribution >= 4 is 15.8 Å². The molecule has 3 heterocycles. The minimum Gasteiger partial charge on any atom is -0.396 e. The van der Waals surface area contributed by atoms with Gasteiger partial charge in [0, 0.05) is 44.9 Å². The maximum atomic E-state index is 12.9. The van der Waals surface area contributed by atoms with Crippen LogP contribution in [-0.4, -0.2) is 55.6 Å². The van der Waals surface area contributed by atoms with Gasteiger partial charge in [0.15, 0.2) is 0 Å². The predicted octanol–water partition coefficient (Wildman–Crippen LogP) is 1.07. The highest BCUT2D eigenvalue weighted by molar-refractivity contribution is 7.89. The molecule has 122 valence electrons. The van der Waals surface area contributed by atoms with E-state index in [0.717, 1.165) is 32.2 Å². The quantitative estimate of drug-likeness (QED) is 0.896. The van der Waals surface area contributed by atoms with Crippen LogP contribution in [-0.2, 0) is 10.0 Å². The number of hydrogen-bond donors (Lipinski definition) is 1. The van der Waals surface area contributed by atoms with Crippen LogP contribution in [0.25, 0.3) is 0 Å². The van der Waals surface area contributed by atoms with Gasteiger partial charge in [-0.25, -0.2) is 13.4 Å². The zero-order chi connectivity index (χ0) is 15.6. The van der Waals surface area contributed by atoms with Gasteiger partial charge >= 0.3 is 0 Å². The van der Waals surface area contributed by atoms with E-state index in [0.29, 0.717) is 30.3 Å². The number of aliphatic hydroxyl groups is 1. The molecule has 2 aliphatic heterocycles. The molecule has 0 aliphatic carbocycles. The molecule has 0 bridgehead atoms. The molecule has 6 nitrogen and oxygen atoms in total. The van der Waals surface area contributed by atoms with Crippen molar-refractivity contribution in [2.75, 3.05) is 37.7 Å². The van der Waals surface area contributed by atoms with Crippen molar-refractivity contribution in [3.05, 3.63) is 18.3 Å². The number of hydrogen-bond acceptors (Lipinski definition) is 5. The van der Waals surface area contributed by atoms with Crippen LogP contribution < -0.4 is 4.90 Å². The van der Waals surface area contributed by atoms with E-state index in [2.05, 4.69) is 4.98 Å². The third-order valence-corrected chi connectivity index (χ3v) is 6.45. The summed E-state index contributed by atoms with van der Waals surface area (Å²) in [6, 6.07) is 3.33. The fourth-order valence-corrected chi connectivity index (χ4v) is 4.92. The van der Waals surface area contributed by atoms with E-state index >= 15 is 0 Å². The standard InChI is InChI=1S/C15H23N3O3S/c19-12-13-6-10-17(11-13)15-14(5-4-7-16-15)22(20,21)18-8-2-1-3-9-18/h4-5,7,13,19H,1-3,6,8-12H2. The molecule has 0 saturated carbocycles. The summed E-state index contributed by atoms with van der Waals surface area (Å²) < 4.78 is 27.4. The Bertz CT molecular complexity index is 614. The van der Waals surface area contributed by atoms with Gasteiger partial charge < -0.3 is 10.0 Å². The minimum absolute atomic E-state index is 0.136. The predicted molar refractivity (Wildman–Crippen MR) is 84.3 cm³/mol. The number of sulfonamides is 1. The van der Waals surface area contributed by atoms with Crippen molar-refractivity contribution in [2.24, 2.45) is 5.92 Å². The molecule has 22 heavy (non-hydrogen) atoms. The van der Waals surface area contributed by atoms with Crippen LogP contribution in [0, 0.1) is 5.92 Å². The Morgan fingerprint density at radius 2 is 2.00 bits per heavy atom. The van der Waals surface area contributed by atoms with Crippen molar-refractivity contribution in [1.29, 1.82) is 0 Å². The molecule has 0 spiro atoms. The summed E-state index contributed by atoms with van der Waals surface area (Å²) in [5.41, 5.74) is 0. The normalized spacial score (nSPS) is 23.9. The summed E-state index contributed by atoms with van der Waals surface area (Å²) in [7, 11) is -3.49. The van der Waals surface area contributed by atoms with E-state index in [1.54, 1.807) is 22.6 Å². The van der Waals surface area contributed by atoms with Crippen LogP contribution >= 0.6 is 0 Å². The third kappa shape index (κ3) is 2.98. The highest BCUT2D eigenvalue weighted by atomic mass is 32.2. The molecule has 2 aliphatic rings. The highest BCUT2D eigenvalue weighted by Gasteiger charge is 2.32. The number of nitrogens with zero attached hydrogens (tertiary/aromatic N) is 3. The Kier molecular flexibility index (Phi) is 4.65. The van der Waals surface area contributed by atoms with Crippen molar-refractivity contribution < 1.29 is 13.5 Å². The number of aliphatic hydroxyl groups excluding tert-OH is 1. The summed E-state index contributed by atoms with van der Waals surface area (Å²) in [5.74, 6) is 0.733. The molecule has 2 fully saturated rings. The summed E-state index contributed by atoms with van der Waals surface area (Å²) >= 11 is 0. The molecular formula is C15H23N3O3S. The van der Waals surface area contributed by atoms with Gasteiger partial charge in [0.05, 0.1) is 0 Å². The average molecular weight is 325 g/mol. The van der Waals surface area contributed by atoms with Gasteiger partial charge in [-0.3, -0.25) is 0 Å². The lowest BCUT2D eigenvalue weighted by atomic mass is 10.1. The number of rotatable bonds is 4. The van der Waals surface area contributed by atoms with Gasteiger partial charge in [-0.2, -0.15) is 4.31 Å². The van der Waals surface area contributed by atoms with Crippen LogP contribution in [0.4, 0.5) is 5.82 Å². The van der Waals surface area contributed by atoms with E-state index in [4.69, 9.17) is 0 Å². The van der Waals surface area contributed by atoms with Crippen molar-refractivity contribution in [1.82, 2.24) is 9.29 Å². The van der Waals surface area contributed by atoms with Crippen LogP contribution in [0.15, 0.2) is 23.2 Å². The molecule has 2 saturated heterocycles. The van der Waals surface area contributed by atoms with Crippen LogP contribution in [0.3, 0.4) is 0 Å². The van der Waals surface area contributed by atoms with Crippen LogP contribution in [0.5, 0.6) is 0 Å². The Labute approximate surface area is 131 Å². The molecule has 0 aromatic carbocycles. The van der Waals surface area contributed by atoms with E-state index in [-0.39, 0.29) is 12.5 Å². The number of aromatic nitrogens is 1. The second-order valence-corrected chi connectivity index (χ2v) is 7.98. The number of piperidine rings is 1. The Morgan fingerprint density at radius 3 is 2.68 bits per heavy atom. The number of pyridine rings is 1. The summed E-state index contributed by atoms with van der Waals surface area (Å²) in [6.07, 6.45) is 5.44. The highest BCUT2D eigenvalue weighted by Crippen LogP contribution is 2.30. The van der Waals surface area contributed by atoms with Crippen molar-refractivity contribution in [3.8, 4) is 0 Å². The van der Waals surface area contributed by atoms with E-state index in [1.807, 2.05) is 4.90 Å². The lowest BCUT2D eigenvalue weighted by molar-refractivity contribution is 0.238. The lowest BCUT2D eigenvalue weighted by Crippen LogP contribution is -2.36. The Balaban J connectivity index is 1.91. The molecular weight excluding hydrogens is 302 g/mol. The summed E-state index contributed by atoms with van der Waals surface area (Å²) in [4.78, 5) is 6.61. The molecule has 1 unspecified atom stereocenters. The SMILES string of the molecule is O=S(=O)(c1cccnc1N1CCC(CO)C1)N1CCCCC1. The molecule has 1 aromatic heterocycles. The summed E-state index contributed by atoms with van der Waals surface area (Å²) in [6.45, 7) is 2.73. The summed E-state index contributed by atoms with van der Waals surface area (Å²) in [5, 5.41) is 9.29. The lowest BCUT2D eigenvalue weighted by Gasteiger charge is -2.28. The monoisotopic (exact) mass is 325 g/mol. The first-order valence-electron chi connectivity index (χ1n) is 7.94. The minimum atomic E-state index is -3.49. The maximum absolute atomic E-state index is 12.9.